The number of ether oxygens (including phenoxy) is 1. The molecule has 1 aliphatic carbocycles. The Morgan fingerprint density at radius 1 is 0.872 bits per heavy atom. The number of amides is 3. The SMILES string of the molecule is CCCCCCCCCCC(CCCCCCCC)COC(=O)NC1CC(C)(C)CC(C)(CNC(=O)Nc2nc(=O)c(C)c(C)[nH]2)C1. The first-order chi connectivity index (χ1) is 22.4. The van der Waals surface area contributed by atoms with Crippen LogP contribution in [0.5, 0.6) is 0 Å². The van der Waals surface area contributed by atoms with E-state index in [-0.39, 0.29) is 34.5 Å². The zero-order valence-electron chi connectivity index (χ0n) is 31.1. The third-order valence-electron chi connectivity index (χ3n) is 9.96. The smallest absolute Gasteiger partial charge is 0.407 e. The summed E-state index contributed by atoms with van der Waals surface area (Å²) in [7, 11) is 0. The van der Waals surface area contributed by atoms with Crippen molar-refractivity contribution >= 4 is 18.1 Å². The van der Waals surface area contributed by atoms with E-state index in [0.29, 0.717) is 30.3 Å². The highest BCUT2D eigenvalue weighted by atomic mass is 16.5. The fourth-order valence-corrected chi connectivity index (χ4v) is 7.51. The molecular formula is C38H69N5O4. The number of carbonyl (C=O) groups excluding carboxylic acids is 2. The Bertz CT molecular complexity index is 1120. The fraction of sp³-hybridized carbons (Fsp3) is 0.842. The molecule has 0 radical (unpaired) electrons. The molecule has 9 nitrogen and oxygen atoms in total. The largest absolute Gasteiger partial charge is 0.449 e. The Balaban J connectivity index is 1.85. The Hall–Kier alpha value is -2.58. The van der Waals surface area contributed by atoms with Crippen molar-refractivity contribution in [1.29, 1.82) is 0 Å². The van der Waals surface area contributed by atoms with E-state index in [1.54, 1.807) is 13.8 Å². The molecule has 1 fully saturated rings. The molecule has 1 saturated carbocycles. The molecule has 47 heavy (non-hydrogen) atoms. The van der Waals surface area contributed by atoms with Gasteiger partial charge in [-0.2, -0.15) is 4.98 Å². The Morgan fingerprint density at radius 2 is 1.43 bits per heavy atom. The van der Waals surface area contributed by atoms with Crippen molar-refractivity contribution in [3.8, 4) is 0 Å². The van der Waals surface area contributed by atoms with Gasteiger partial charge in [0.15, 0.2) is 0 Å². The van der Waals surface area contributed by atoms with Crippen LogP contribution in [0.3, 0.4) is 0 Å². The number of anilines is 1. The van der Waals surface area contributed by atoms with Gasteiger partial charge in [-0.3, -0.25) is 10.1 Å². The lowest BCUT2D eigenvalue weighted by atomic mass is 9.62. The minimum Gasteiger partial charge on any atom is -0.449 e. The summed E-state index contributed by atoms with van der Waals surface area (Å²) >= 11 is 0. The van der Waals surface area contributed by atoms with Gasteiger partial charge in [0.05, 0.1) is 6.61 Å². The van der Waals surface area contributed by atoms with Crippen molar-refractivity contribution in [2.75, 3.05) is 18.5 Å². The van der Waals surface area contributed by atoms with E-state index in [2.05, 4.69) is 60.5 Å². The zero-order chi connectivity index (χ0) is 34.7. The van der Waals surface area contributed by atoms with Crippen LogP contribution in [0.1, 0.15) is 168 Å². The first kappa shape index (κ1) is 40.6. The number of aromatic nitrogens is 2. The predicted molar refractivity (Wildman–Crippen MR) is 194 cm³/mol. The molecular weight excluding hydrogens is 590 g/mol. The molecule has 0 aromatic carbocycles. The zero-order valence-corrected chi connectivity index (χ0v) is 31.1. The average molecular weight is 660 g/mol. The summed E-state index contributed by atoms with van der Waals surface area (Å²) in [6.07, 6.45) is 22.6. The van der Waals surface area contributed by atoms with Crippen molar-refractivity contribution in [2.24, 2.45) is 16.7 Å². The maximum absolute atomic E-state index is 13.1. The van der Waals surface area contributed by atoms with Crippen LogP contribution in [0, 0.1) is 30.6 Å². The number of carbonyl (C=O) groups is 2. The van der Waals surface area contributed by atoms with Crippen LogP contribution in [0.4, 0.5) is 15.5 Å². The van der Waals surface area contributed by atoms with Crippen molar-refractivity contribution in [2.45, 2.75) is 177 Å². The van der Waals surface area contributed by atoms with Gasteiger partial charge in [-0.25, -0.2) is 9.59 Å². The minimum absolute atomic E-state index is 0.0131. The molecule has 0 bridgehead atoms. The van der Waals surface area contributed by atoms with Crippen LogP contribution in [-0.2, 0) is 4.74 Å². The molecule has 9 heteroatoms. The summed E-state index contributed by atoms with van der Waals surface area (Å²) in [5.74, 6) is 0.550. The molecule has 3 atom stereocenters. The van der Waals surface area contributed by atoms with E-state index in [1.807, 2.05) is 0 Å². The molecule has 3 amide bonds. The first-order valence-electron chi connectivity index (χ1n) is 18.9. The van der Waals surface area contributed by atoms with Crippen LogP contribution in [0.2, 0.25) is 0 Å². The Morgan fingerprint density at radius 3 is 1.98 bits per heavy atom. The molecule has 1 aromatic heterocycles. The fourth-order valence-electron chi connectivity index (χ4n) is 7.51. The van der Waals surface area contributed by atoms with E-state index < -0.39 is 6.03 Å². The van der Waals surface area contributed by atoms with Gasteiger partial charge >= 0.3 is 12.1 Å². The predicted octanol–water partition coefficient (Wildman–Crippen LogP) is 9.72. The lowest BCUT2D eigenvalue weighted by Gasteiger charge is -2.46. The quantitative estimate of drug-likeness (QED) is 0.0923. The first-order valence-corrected chi connectivity index (χ1v) is 18.9. The highest BCUT2D eigenvalue weighted by Crippen LogP contribution is 2.45. The number of rotatable bonds is 22. The number of H-pyrrole nitrogens is 1. The number of unbranched alkanes of at least 4 members (excludes halogenated alkanes) is 12. The molecule has 1 heterocycles. The van der Waals surface area contributed by atoms with E-state index in [1.165, 1.54) is 89.9 Å². The lowest BCUT2D eigenvalue weighted by Crippen LogP contribution is -2.51. The molecule has 3 unspecified atom stereocenters. The number of nitrogens with zero attached hydrogens (tertiary/aromatic N) is 1. The third kappa shape index (κ3) is 16.9. The molecule has 0 saturated heterocycles. The molecule has 4 N–H and O–H groups in total. The van der Waals surface area contributed by atoms with Gasteiger partial charge in [-0.05, 0) is 62.7 Å². The standard InChI is InChI=1S/C38H69N5O4/c1-8-10-12-14-16-17-19-21-23-31(22-20-18-15-13-11-9-2)26-47-36(46)41-32-24-37(5,6)27-38(7,25-32)28-39-35(45)43-34-40-30(4)29(3)33(44)42-34/h31-32H,8-28H2,1-7H3,(H,41,46)(H3,39,40,42,43,44,45). The van der Waals surface area contributed by atoms with Crippen molar-refractivity contribution < 1.29 is 14.3 Å². The summed E-state index contributed by atoms with van der Waals surface area (Å²) in [5.41, 5.74) is 0.602. The number of hydrogen-bond acceptors (Lipinski definition) is 5. The molecule has 0 spiro atoms. The van der Waals surface area contributed by atoms with Crippen LogP contribution < -0.4 is 21.5 Å². The number of urea groups is 1. The third-order valence-corrected chi connectivity index (χ3v) is 9.96. The van der Waals surface area contributed by atoms with Gasteiger partial charge in [0, 0.05) is 23.8 Å². The second-order valence-electron chi connectivity index (χ2n) is 15.6. The van der Waals surface area contributed by atoms with Gasteiger partial charge in [0.1, 0.15) is 0 Å². The minimum atomic E-state index is -0.419. The van der Waals surface area contributed by atoms with Crippen LogP contribution in [-0.4, -0.2) is 41.3 Å². The highest BCUT2D eigenvalue weighted by Gasteiger charge is 2.42. The lowest BCUT2D eigenvalue weighted by molar-refractivity contribution is 0.0635. The average Bonchev–Trinajstić information content (AvgIpc) is 2.99. The summed E-state index contributed by atoms with van der Waals surface area (Å²) in [6.45, 7) is 15.5. The van der Waals surface area contributed by atoms with Gasteiger partial charge in [0.25, 0.3) is 5.56 Å². The number of hydrogen-bond donors (Lipinski definition) is 4. The van der Waals surface area contributed by atoms with E-state index in [4.69, 9.17) is 4.74 Å². The monoisotopic (exact) mass is 660 g/mol. The van der Waals surface area contributed by atoms with Gasteiger partial charge < -0.3 is 20.4 Å². The molecule has 1 aromatic rings. The van der Waals surface area contributed by atoms with E-state index in [9.17, 15) is 14.4 Å². The summed E-state index contributed by atoms with van der Waals surface area (Å²) in [6, 6.07) is -0.457. The second-order valence-corrected chi connectivity index (χ2v) is 15.6. The maximum atomic E-state index is 13.1. The van der Waals surface area contributed by atoms with Crippen LogP contribution in [0.25, 0.3) is 0 Å². The summed E-state index contributed by atoms with van der Waals surface area (Å²) in [4.78, 5) is 44.7. The van der Waals surface area contributed by atoms with Crippen LogP contribution >= 0.6 is 0 Å². The summed E-state index contributed by atoms with van der Waals surface area (Å²) in [5, 5.41) is 8.80. The van der Waals surface area contributed by atoms with Crippen molar-refractivity contribution in [3.05, 3.63) is 21.6 Å². The molecule has 2 rings (SSSR count). The van der Waals surface area contributed by atoms with Crippen molar-refractivity contribution in [3.63, 3.8) is 0 Å². The van der Waals surface area contributed by atoms with E-state index >= 15 is 0 Å². The van der Waals surface area contributed by atoms with Crippen LogP contribution in [0.15, 0.2) is 4.79 Å². The molecule has 270 valence electrons. The molecule has 1 aliphatic rings. The number of aryl methyl sites for hydroxylation is 1. The number of nitrogens with one attached hydrogen (secondary N) is 4. The van der Waals surface area contributed by atoms with Gasteiger partial charge in [-0.15, -0.1) is 0 Å². The number of alkyl carbamates (subject to hydrolysis) is 1. The Kier molecular flexibility index (Phi) is 18.5. The number of aromatic amines is 1. The van der Waals surface area contributed by atoms with E-state index in [0.717, 1.165) is 32.1 Å². The topological polar surface area (TPSA) is 125 Å². The highest BCUT2D eigenvalue weighted by molar-refractivity contribution is 5.87. The summed E-state index contributed by atoms with van der Waals surface area (Å²) < 4.78 is 5.89. The normalized spacial score (nSPS) is 19.6. The second kappa shape index (κ2) is 21.4. The maximum Gasteiger partial charge on any atom is 0.407 e. The molecule has 0 aliphatic heterocycles. The Labute approximate surface area is 286 Å². The van der Waals surface area contributed by atoms with Gasteiger partial charge in [-0.1, -0.05) is 125 Å². The van der Waals surface area contributed by atoms with Gasteiger partial charge in [0.2, 0.25) is 5.95 Å². The van der Waals surface area contributed by atoms with Crippen molar-refractivity contribution in [1.82, 2.24) is 20.6 Å².